The SMILES string of the molecule is CCC1CCC(NS(=O)(=O)c2ccccc2C#N)C1C. The van der Waals surface area contributed by atoms with Crippen LogP contribution in [0.2, 0.25) is 0 Å². The van der Waals surface area contributed by atoms with E-state index in [0.717, 1.165) is 19.3 Å². The van der Waals surface area contributed by atoms with E-state index in [2.05, 4.69) is 18.6 Å². The number of hydrogen-bond acceptors (Lipinski definition) is 3. The normalized spacial score (nSPS) is 26.4. The van der Waals surface area contributed by atoms with Crippen LogP contribution in [0.4, 0.5) is 0 Å². The maximum absolute atomic E-state index is 12.4. The largest absolute Gasteiger partial charge is 0.242 e. The molecule has 0 saturated heterocycles. The Morgan fingerprint density at radius 1 is 1.35 bits per heavy atom. The van der Waals surface area contributed by atoms with Crippen LogP contribution in [-0.2, 0) is 10.0 Å². The fourth-order valence-corrected chi connectivity index (χ4v) is 4.57. The van der Waals surface area contributed by atoms with Crippen LogP contribution >= 0.6 is 0 Å². The Morgan fingerprint density at radius 2 is 2.05 bits per heavy atom. The van der Waals surface area contributed by atoms with Gasteiger partial charge in [-0.2, -0.15) is 5.26 Å². The van der Waals surface area contributed by atoms with E-state index in [4.69, 9.17) is 5.26 Å². The molecule has 1 aliphatic carbocycles. The first-order chi connectivity index (χ1) is 9.49. The second-order valence-electron chi connectivity index (χ2n) is 5.44. The summed E-state index contributed by atoms with van der Waals surface area (Å²) in [5, 5.41) is 9.03. The molecule has 0 spiro atoms. The molecular formula is C15H20N2O2S. The number of nitrogens with zero attached hydrogens (tertiary/aromatic N) is 1. The Balaban J connectivity index is 2.23. The average molecular weight is 292 g/mol. The smallest absolute Gasteiger partial charge is 0.208 e. The van der Waals surface area contributed by atoms with Gasteiger partial charge in [-0.25, -0.2) is 13.1 Å². The highest BCUT2D eigenvalue weighted by atomic mass is 32.2. The van der Waals surface area contributed by atoms with Crippen molar-refractivity contribution in [2.24, 2.45) is 11.8 Å². The van der Waals surface area contributed by atoms with Gasteiger partial charge in [0.15, 0.2) is 0 Å². The van der Waals surface area contributed by atoms with Crippen LogP contribution in [0.25, 0.3) is 0 Å². The Kier molecular flexibility index (Phi) is 4.46. The van der Waals surface area contributed by atoms with Crippen LogP contribution in [0.1, 0.15) is 38.7 Å². The molecule has 2 rings (SSSR count). The maximum atomic E-state index is 12.4. The lowest BCUT2D eigenvalue weighted by molar-refractivity contribution is 0.368. The molecule has 1 aromatic carbocycles. The van der Waals surface area contributed by atoms with E-state index in [1.807, 2.05) is 6.07 Å². The second kappa shape index (κ2) is 5.94. The molecule has 3 atom stereocenters. The van der Waals surface area contributed by atoms with Crippen LogP contribution in [0, 0.1) is 23.2 Å². The van der Waals surface area contributed by atoms with Crippen molar-refractivity contribution in [2.45, 2.75) is 44.0 Å². The van der Waals surface area contributed by atoms with Gasteiger partial charge < -0.3 is 0 Å². The van der Waals surface area contributed by atoms with Crippen LogP contribution < -0.4 is 4.72 Å². The van der Waals surface area contributed by atoms with E-state index in [0.29, 0.717) is 11.8 Å². The highest BCUT2D eigenvalue weighted by Gasteiger charge is 2.34. The minimum absolute atomic E-state index is 0.0308. The Hall–Kier alpha value is -1.38. The van der Waals surface area contributed by atoms with Crippen molar-refractivity contribution in [3.63, 3.8) is 0 Å². The highest BCUT2D eigenvalue weighted by molar-refractivity contribution is 7.89. The molecule has 1 fully saturated rings. The van der Waals surface area contributed by atoms with Gasteiger partial charge in [-0.3, -0.25) is 0 Å². The first-order valence-electron chi connectivity index (χ1n) is 7.01. The monoisotopic (exact) mass is 292 g/mol. The summed E-state index contributed by atoms with van der Waals surface area (Å²) in [6.07, 6.45) is 3.01. The number of hydrogen-bond donors (Lipinski definition) is 1. The third-order valence-electron chi connectivity index (χ3n) is 4.35. The molecule has 1 aromatic rings. The van der Waals surface area contributed by atoms with Gasteiger partial charge in [-0.1, -0.05) is 32.4 Å². The van der Waals surface area contributed by atoms with Gasteiger partial charge in [-0.15, -0.1) is 0 Å². The van der Waals surface area contributed by atoms with E-state index in [1.165, 1.54) is 12.1 Å². The molecule has 5 heteroatoms. The quantitative estimate of drug-likeness (QED) is 0.927. The highest BCUT2D eigenvalue weighted by Crippen LogP contribution is 2.34. The van der Waals surface area contributed by atoms with E-state index < -0.39 is 10.0 Å². The van der Waals surface area contributed by atoms with E-state index in [-0.39, 0.29) is 16.5 Å². The summed E-state index contributed by atoms with van der Waals surface area (Å²) < 4.78 is 27.7. The molecule has 4 nitrogen and oxygen atoms in total. The predicted molar refractivity (Wildman–Crippen MR) is 77.4 cm³/mol. The third-order valence-corrected chi connectivity index (χ3v) is 5.90. The first-order valence-corrected chi connectivity index (χ1v) is 8.49. The summed E-state index contributed by atoms with van der Waals surface area (Å²) in [5.74, 6) is 0.915. The number of rotatable bonds is 4. The number of benzene rings is 1. The lowest BCUT2D eigenvalue weighted by atomic mass is 9.94. The first kappa shape index (κ1) is 15.0. The molecule has 0 bridgehead atoms. The lowest BCUT2D eigenvalue weighted by Gasteiger charge is -2.21. The Morgan fingerprint density at radius 3 is 2.65 bits per heavy atom. The van der Waals surface area contributed by atoms with Crippen LogP contribution in [-0.4, -0.2) is 14.5 Å². The van der Waals surface area contributed by atoms with Crippen molar-refractivity contribution < 1.29 is 8.42 Å². The zero-order valence-corrected chi connectivity index (χ0v) is 12.7. The number of sulfonamides is 1. The molecular weight excluding hydrogens is 272 g/mol. The summed E-state index contributed by atoms with van der Waals surface area (Å²) in [4.78, 5) is 0.0784. The van der Waals surface area contributed by atoms with Gasteiger partial charge in [0.1, 0.15) is 6.07 Å². The van der Waals surface area contributed by atoms with Crippen LogP contribution in [0.5, 0.6) is 0 Å². The van der Waals surface area contributed by atoms with Crippen molar-refractivity contribution in [2.75, 3.05) is 0 Å². The molecule has 3 unspecified atom stereocenters. The minimum atomic E-state index is -3.62. The average Bonchev–Trinajstić information content (AvgIpc) is 2.79. The van der Waals surface area contributed by atoms with Crippen molar-refractivity contribution in [1.82, 2.24) is 4.72 Å². The summed E-state index contributed by atoms with van der Waals surface area (Å²) in [6, 6.07) is 8.23. The van der Waals surface area contributed by atoms with E-state index >= 15 is 0 Å². The van der Waals surface area contributed by atoms with Crippen LogP contribution in [0.15, 0.2) is 29.2 Å². The molecule has 1 N–H and O–H groups in total. The Bertz CT molecular complexity index is 619. The maximum Gasteiger partial charge on any atom is 0.242 e. The minimum Gasteiger partial charge on any atom is -0.208 e. The molecule has 0 heterocycles. The van der Waals surface area contributed by atoms with Gasteiger partial charge in [0, 0.05) is 6.04 Å². The van der Waals surface area contributed by atoms with Gasteiger partial charge in [0.2, 0.25) is 10.0 Å². The zero-order chi connectivity index (χ0) is 14.8. The standard InChI is InChI=1S/C15H20N2O2S/c1-3-12-8-9-14(11(12)2)17-20(18,19)15-7-5-4-6-13(15)10-16/h4-7,11-12,14,17H,3,8-9H2,1-2H3. The molecule has 1 saturated carbocycles. The molecule has 0 aromatic heterocycles. The van der Waals surface area contributed by atoms with Crippen molar-refractivity contribution >= 4 is 10.0 Å². The topological polar surface area (TPSA) is 70.0 Å². The van der Waals surface area contributed by atoms with Gasteiger partial charge in [0.05, 0.1) is 10.5 Å². The number of nitriles is 1. The molecule has 20 heavy (non-hydrogen) atoms. The zero-order valence-electron chi connectivity index (χ0n) is 11.8. The van der Waals surface area contributed by atoms with Gasteiger partial charge >= 0.3 is 0 Å². The molecule has 108 valence electrons. The summed E-state index contributed by atoms with van der Waals surface area (Å²) in [7, 11) is -3.62. The van der Waals surface area contributed by atoms with Crippen LogP contribution in [0.3, 0.4) is 0 Å². The molecule has 0 amide bonds. The lowest BCUT2D eigenvalue weighted by Crippen LogP contribution is -2.37. The van der Waals surface area contributed by atoms with Crippen molar-refractivity contribution in [1.29, 1.82) is 5.26 Å². The summed E-state index contributed by atoms with van der Waals surface area (Å²) in [5.41, 5.74) is 0.192. The molecule has 0 radical (unpaired) electrons. The van der Waals surface area contributed by atoms with E-state index in [9.17, 15) is 8.42 Å². The summed E-state index contributed by atoms with van der Waals surface area (Å²) >= 11 is 0. The summed E-state index contributed by atoms with van der Waals surface area (Å²) in [6.45, 7) is 4.24. The Labute approximate surface area is 120 Å². The van der Waals surface area contributed by atoms with Gasteiger partial charge in [-0.05, 0) is 36.8 Å². The fraction of sp³-hybridized carbons (Fsp3) is 0.533. The van der Waals surface area contributed by atoms with Gasteiger partial charge in [0.25, 0.3) is 0 Å². The molecule has 0 aliphatic heterocycles. The predicted octanol–water partition coefficient (Wildman–Crippen LogP) is 2.66. The molecule has 1 aliphatic rings. The van der Waals surface area contributed by atoms with E-state index in [1.54, 1.807) is 12.1 Å². The second-order valence-corrected chi connectivity index (χ2v) is 7.12. The fourth-order valence-electron chi connectivity index (χ4n) is 3.05. The third kappa shape index (κ3) is 2.87. The number of nitrogens with one attached hydrogen (secondary N) is 1. The van der Waals surface area contributed by atoms with Crippen molar-refractivity contribution in [3.8, 4) is 6.07 Å². The van der Waals surface area contributed by atoms with Crippen molar-refractivity contribution in [3.05, 3.63) is 29.8 Å².